The summed E-state index contributed by atoms with van der Waals surface area (Å²) in [6, 6.07) is 19.4. The van der Waals surface area contributed by atoms with E-state index in [9.17, 15) is 9.59 Å². The Morgan fingerprint density at radius 2 is 1.79 bits per heavy atom. The summed E-state index contributed by atoms with van der Waals surface area (Å²) in [5.74, 6) is 0.311. The van der Waals surface area contributed by atoms with Crippen molar-refractivity contribution in [3.8, 4) is 0 Å². The lowest BCUT2D eigenvalue weighted by Gasteiger charge is -2.17. The molecular formula is C23H20N2O3. The molecule has 0 bridgehead atoms. The largest absolute Gasteiger partial charge is 0.422 e. The summed E-state index contributed by atoms with van der Waals surface area (Å²) in [7, 11) is 1.84. The first-order valence-corrected chi connectivity index (χ1v) is 9.49. The Kier molecular flexibility index (Phi) is 3.83. The third kappa shape index (κ3) is 2.54. The number of rotatable bonds is 2. The summed E-state index contributed by atoms with van der Waals surface area (Å²) >= 11 is 0. The van der Waals surface area contributed by atoms with Crippen LogP contribution in [0.15, 0.2) is 69.9 Å². The van der Waals surface area contributed by atoms with E-state index < -0.39 is 5.63 Å². The second-order valence-electron chi connectivity index (χ2n) is 7.38. The summed E-state index contributed by atoms with van der Waals surface area (Å²) in [5, 5.41) is 1.28. The molecule has 1 fully saturated rings. The lowest BCUT2D eigenvalue weighted by atomic mass is 9.99. The van der Waals surface area contributed by atoms with Crippen LogP contribution in [0.25, 0.3) is 21.9 Å². The van der Waals surface area contributed by atoms with Crippen molar-refractivity contribution in [2.45, 2.75) is 12.3 Å². The van der Waals surface area contributed by atoms with Crippen LogP contribution in [0.4, 0.5) is 0 Å². The van der Waals surface area contributed by atoms with Crippen molar-refractivity contribution in [3.63, 3.8) is 0 Å². The highest BCUT2D eigenvalue weighted by Crippen LogP contribution is 2.30. The predicted octanol–water partition coefficient (Wildman–Crippen LogP) is 3.91. The number of fused-ring (bicyclic) bond motifs is 3. The molecule has 140 valence electrons. The molecule has 0 radical (unpaired) electrons. The lowest BCUT2D eigenvalue weighted by molar-refractivity contribution is 0.0782. The molecule has 2 aromatic heterocycles. The van der Waals surface area contributed by atoms with Crippen LogP contribution in [0, 0.1) is 0 Å². The predicted molar refractivity (Wildman–Crippen MR) is 109 cm³/mol. The quantitative estimate of drug-likeness (QED) is 0.501. The van der Waals surface area contributed by atoms with Crippen LogP contribution in [0.5, 0.6) is 0 Å². The average Bonchev–Trinajstić information content (AvgIpc) is 3.34. The first-order chi connectivity index (χ1) is 13.6. The van der Waals surface area contributed by atoms with Gasteiger partial charge in [-0.2, -0.15) is 0 Å². The zero-order chi connectivity index (χ0) is 19.3. The van der Waals surface area contributed by atoms with Gasteiger partial charge in [0.2, 0.25) is 0 Å². The molecule has 4 aromatic rings. The van der Waals surface area contributed by atoms with Gasteiger partial charge in [-0.15, -0.1) is 0 Å². The maximum absolute atomic E-state index is 13.2. The van der Waals surface area contributed by atoms with Gasteiger partial charge in [0.1, 0.15) is 11.3 Å². The zero-order valence-electron chi connectivity index (χ0n) is 15.6. The first kappa shape index (κ1) is 16.8. The molecule has 1 saturated heterocycles. The molecule has 1 aliphatic rings. The van der Waals surface area contributed by atoms with Crippen molar-refractivity contribution in [3.05, 3.63) is 82.3 Å². The zero-order valence-corrected chi connectivity index (χ0v) is 15.6. The van der Waals surface area contributed by atoms with Gasteiger partial charge in [-0.3, -0.25) is 4.79 Å². The molecule has 5 nitrogen and oxygen atoms in total. The fraction of sp³-hybridized carbons (Fsp3) is 0.217. The van der Waals surface area contributed by atoms with Gasteiger partial charge in [-0.1, -0.05) is 42.5 Å². The molecule has 0 aliphatic carbocycles. The van der Waals surface area contributed by atoms with Crippen molar-refractivity contribution in [2.75, 3.05) is 13.1 Å². The number of benzene rings is 2. The van der Waals surface area contributed by atoms with Gasteiger partial charge in [0.25, 0.3) is 5.91 Å². The van der Waals surface area contributed by atoms with E-state index in [1.165, 1.54) is 5.56 Å². The molecule has 5 heteroatoms. The Bertz CT molecular complexity index is 1250. The minimum Gasteiger partial charge on any atom is -0.422 e. The summed E-state index contributed by atoms with van der Waals surface area (Å²) in [4.78, 5) is 27.6. The van der Waals surface area contributed by atoms with E-state index in [1.807, 2.05) is 52.9 Å². The van der Waals surface area contributed by atoms with Gasteiger partial charge in [-0.25, -0.2) is 4.79 Å². The van der Waals surface area contributed by atoms with Crippen LogP contribution in [-0.2, 0) is 7.05 Å². The van der Waals surface area contributed by atoms with Crippen LogP contribution >= 0.6 is 0 Å². The Morgan fingerprint density at radius 1 is 1.04 bits per heavy atom. The Balaban J connectivity index is 1.54. The molecule has 3 heterocycles. The van der Waals surface area contributed by atoms with Crippen LogP contribution in [0.3, 0.4) is 0 Å². The molecule has 1 amide bonds. The fourth-order valence-electron chi connectivity index (χ4n) is 4.30. The SMILES string of the molecule is Cn1c(C(=O)N2CC[C@H](c3ccccc3)C2)cc2c(=O)oc3ccccc3c21. The van der Waals surface area contributed by atoms with Gasteiger partial charge in [-0.05, 0) is 30.2 Å². The maximum Gasteiger partial charge on any atom is 0.345 e. The van der Waals surface area contributed by atoms with Crippen molar-refractivity contribution < 1.29 is 9.21 Å². The highest BCUT2D eigenvalue weighted by atomic mass is 16.4. The number of carbonyl (C=O) groups is 1. The number of hydrogen-bond acceptors (Lipinski definition) is 3. The van der Waals surface area contributed by atoms with Gasteiger partial charge in [0.15, 0.2) is 0 Å². The standard InChI is InChI=1S/C23H20N2O3/c1-24-19(13-18-21(24)17-9-5-6-10-20(17)28-23(18)27)22(26)25-12-11-16(14-25)15-7-3-2-4-8-15/h2-10,13,16H,11-12,14H2,1H3/t16-/m0/s1. The van der Waals surface area contributed by atoms with Crippen LogP contribution in [-0.4, -0.2) is 28.5 Å². The fourth-order valence-corrected chi connectivity index (χ4v) is 4.30. The molecule has 0 saturated carbocycles. The van der Waals surface area contributed by atoms with Gasteiger partial charge >= 0.3 is 5.63 Å². The average molecular weight is 372 g/mol. The van der Waals surface area contributed by atoms with Crippen molar-refractivity contribution >= 4 is 27.8 Å². The topological polar surface area (TPSA) is 55.5 Å². The summed E-state index contributed by atoms with van der Waals surface area (Å²) < 4.78 is 7.26. The van der Waals surface area contributed by atoms with Crippen molar-refractivity contribution in [1.29, 1.82) is 0 Å². The maximum atomic E-state index is 13.2. The minimum absolute atomic E-state index is 0.0411. The lowest BCUT2D eigenvalue weighted by Crippen LogP contribution is -2.29. The van der Waals surface area contributed by atoms with Crippen molar-refractivity contribution in [1.82, 2.24) is 9.47 Å². The second kappa shape index (κ2) is 6.37. The monoisotopic (exact) mass is 372 g/mol. The van der Waals surface area contributed by atoms with Gasteiger partial charge in [0, 0.05) is 31.4 Å². The molecule has 1 atom stereocenters. The van der Waals surface area contributed by atoms with Crippen LogP contribution in [0.2, 0.25) is 0 Å². The number of nitrogens with zero attached hydrogens (tertiary/aromatic N) is 2. The highest BCUT2D eigenvalue weighted by molar-refractivity contribution is 6.07. The minimum atomic E-state index is -0.410. The Hall–Kier alpha value is -3.34. The Morgan fingerprint density at radius 3 is 2.61 bits per heavy atom. The van der Waals surface area contributed by atoms with E-state index in [-0.39, 0.29) is 5.91 Å². The third-order valence-electron chi connectivity index (χ3n) is 5.76. The van der Waals surface area contributed by atoms with Crippen molar-refractivity contribution in [2.24, 2.45) is 7.05 Å². The van der Waals surface area contributed by atoms with E-state index in [1.54, 1.807) is 12.1 Å². The molecule has 2 aromatic carbocycles. The van der Waals surface area contributed by atoms with E-state index >= 15 is 0 Å². The number of hydrogen-bond donors (Lipinski definition) is 0. The molecule has 28 heavy (non-hydrogen) atoms. The number of likely N-dealkylation sites (tertiary alicyclic amines) is 1. The van der Waals surface area contributed by atoms with E-state index in [0.717, 1.165) is 23.9 Å². The van der Waals surface area contributed by atoms with E-state index in [4.69, 9.17) is 4.42 Å². The molecule has 0 N–H and O–H groups in total. The molecule has 0 unspecified atom stereocenters. The van der Waals surface area contributed by atoms with E-state index in [2.05, 4.69) is 12.1 Å². The third-order valence-corrected chi connectivity index (χ3v) is 5.76. The molecule has 1 aliphatic heterocycles. The summed E-state index contributed by atoms with van der Waals surface area (Å²) in [5.41, 5.74) is 2.65. The number of aryl methyl sites for hydroxylation is 1. The second-order valence-corrected chi connectivity index (χ2v) is 7.38. The van der Waals surface area contributed by atoms with Crippen LogP contribution in [0.1, 0.15) is 28.4 Å². The number of carbonyl (C=O) groups excluding carboxylic acids is 1. The van der Waals surface area contributed by atoms with Gasteiger partial charge in [0.05, 0.1) is 10.9 Å². The number of para-hydroxylation sites is 1. The number of amides is 1. The number of aromatic nitrogens is 1. The molecule has 5 rings (SSSR count). The Labute approximate surface area is 161 Å². The normalized spacial score (nSPS) is 16.9. The van der Waals surface area contributed by atoms with Crippen LogP contribution < -0.4 is 5.63 Å². The molecule has 0 spiro atoms. The van der Waals surface area contributed by atoms with E-state index in [0.29, 0.717) is 29.1 Å². The first-order valence-electron chi connectivity index (χ1n) is 9.49. The molecular weight excluding hydrogens is 352 g/mol. The van der Waals surface area contributed by atoms with Gasteiger partial charge < -0.3 is 13.9 Å². The smallest absolute Gasteiger partial charge is 0.345 e. The summed E-state index contributed by atoms with van der Waals surface area (Å²) in [6.45, 7) is 1.41. The summed E-state index contributed by atoms with van der Waals surface area (Å²) in [6.07, 6.45) is 0.949. The highest BCUT2D eigenvalue weighted by Gasteiger charge is 2.30.